The Balaban J connectivity index is 1.96. The van der Waals surface area contributed by atoms with Crippen LogP contribution in [0.5, 0.6) is 0 Å². The Morgan fingerprint density at radius 3 is 3.18 bits per heavy atom. The van der Waals surface area contributed by atoms with Gasteiger partial charge in [0.2, 0.25) is 5.78 Å². The summed E-state index contributed by atoms with van der Waals surface area (Å²) in [5, 5.41) is 3.32. The van der Waals surface area contributed by atoms with Gasteiger partial charge in [0, 0.05) is 31.8 Å². The molecule has 0 aliphatic carbocycles. The topological polar surface area (TPSA) is 59.3 Å². The fourth-order valence-corrected chi connectivity index (χ4v) is 2.20. The quantitative estimate of drug-likeness (QED) is 0.795. The fraction of sp³-hybridized carbons (Fsp3) is 0.417. The summed E-state index contributed by atoms with van der Waals surface area (Å²) in [7, 11) is 0. The number of hydrogen-bond acceptors (Lipinski definition) is 4. The molecule has 3 rings (SSSR count). The van der Waals surface area contributed by atoms with Crippen molar-refractivity contribution in [2.24, 2.45) is 0 Å². The minimum atomic E-state index is 0.0401. The first kappa shape index (κ1) is 10.4. The van der Waals surface area contributed by atoms with E-state index in [1.54, 1.807) is 0 Å². The molecule has 3 heterocycles. The van der Waals surface area contributed by atoms with Crippen molar-refractivity contribution >= 4 is 11.6 Å². The van der Waals surface area contributed by atoms with Gasteiger partial charge in [-0.2, -0.15) is 0 Å². The van der Waals surface area contributed by atoms with Gasteiger partial charge in [0.1, 0.15) is 5.78 Å². The molecule has 0 saturated carbocycles. The standard InChI is InChI=1S/C12H14N4O/c1-8-7-16-5-3-10(15-12(16)14-8)11-6-9(17)2-4-13-11/h3,5,7,11,13H,2,4,6H2,1H3. The maximum Gasteiger partial charge on any atom is 0.234 e. The zero-order valence-electron chi connectivity index (χ0n) is 9.68. The van der Waals surface area contributed by atoms with E-state index in [-0.39, 0.29) is 6.04 Å². The lowest BCUT2D eigenvalue weighted by Gasteiger charge is -2.21. The van der Waals surface area contributed by atoms with Crippen LogP contribution < -0.4 is 5.32 Å². The zero-order valence-corrected chi connectivity index (χ0v) is 9.68. The van der Waals surface area contributed by atoms with Gasteiger partial charge in [-0.15, -0.1) is 0 Å². The minimum Gasteiger partial charge on any atom is -0.308 e. The van der Waals surface area contributed by atoms with E-state index in [1.807, 2.05) is 29.8 Å². The molecule has 0 radical (unpaired) electrons. The Morgan fingerprint density at radius 1 is 1.47 bits per heavy atom. The number of nitrogens with one attached hydrogen (secondary N) is 1. The van der Waals surface area contributed by atoms with Gasteiger partial charge in [0.05, 0.1) is 17.4 Å². The zero-order chi connectivity index (χ0) is 11.8. The van der Waals surface area contributed by atoms with E-state index < -0.39 is 0 Å². The number of rotatable bonds is 1. The predicted molar refractivity (Wildman–Crippen MR) is 62.7 cm³/mol. The van der Waals surface area contributed by atoms with Gasteiger partial charge in [0.25, 0.3) is 0 Å². The van der Waals surface area contributed by atoms with Crippen LogP contribution in [0, 0.1) is 6.92 Å². The second kappa shape index (κ2) is 3.92. The molecule has 0 amide bonds. The number of Topliss-reactive ketones (excluding diaryl/α,β-unsaturated/α-hetero) is 1. The number of hydrogen-bond donors (Lipinski definition) is 1. The molecule has 0 aromatic carbocycles. The summed E-state index contributed by atoms with van der Waals surface area (Å²) in [5.41, 5.74) is 1.85. The second-order valence-electron chi connectivity index (χ2n) is 4.44. The first-order chi connectivity index (χ1) is 8.22. The maximum absolute atomic E-state index is 11.4. The highest BCUT2D eigenvalue weighted by Crippen LogP contribution is 2.19. The number of piperidine rings is 1. The number of nitrogens with zero attached hydrogens (tertiary/aromatic N) is 3. The van der Waals surface area contributed by atoms with E-state index in [1.165, 1.54) is 0 Å². The minimum absolute atomic E-state index is 0.0401. The van der Waals surface area contributed by atoms with Crippen molar-refractivity contribution in [2.45, 2.75) is 25.8 Å². The average Bonchev–Trinajstić information content (AvgIpc) is 2.68. The molecule has 2 aromatic heterocycles. The molecule has 2 aromatic rings. The molecule has 88 valence electrons. The molecular formula is C12H14N4O. The first-order valence-corrected chi connectivity index (χ1v) is 5.80. The molecular weight excluding hydrogens is 216 g/mol. The Bertz CT molecular complexity index is 575. The first-order valence-electron chi connectivity index (χ1n) is 5.80. The highest BCUT2D eigenvalue weighted by Gasteiger charge is 2.21. The second-order valence-corrected chi connectivity index (χ2v) is 4.44. The summed E-state index contributed by atoms with van der Waals surface area (Å²) in [5.74, 6) is 0.995. The van der Waals surface area contributed by atoms with Gasteiger partial charge in [-0.05, 0) is 13.0 Å². The lowest BCUT2D eigenvalue weighted by molar-refractivity contribution is -0.120. The van der Waals surface area contributed by atoms with Crippen LogP contribution in [-0.4, -0.2) is 26.7 Å². The highest BCUT2D eigenvalue weighted by molar-refractivity contribution is 5.80. The Morgan fingerprint density at radius 2 is 2.35 bits per heavy atom. The van der Waals surface area contributed by atoms with E-state index in [4.69, 9.17) is 0 Å². The van der Waals surface area contributed by atoms with Crippen LogP contribution >= 0.6 is 0 Å². The number of aryl methyl sites for hydroxylation is 1. The Hall–Kier alpha value is -1.75. The van der Waals surface area contributed by atoms with Crippen LogP contribution in [0.1, 0.15) is 30.3 Å². The molecule has 1 aliphatic rings. The van der Waals surface area contributed by atoms with Gasteiger partial charge < -0.3 is 5.32 Å². The van der Waals surface area contributed by atoms with Gasteiger partial charge in [-0.25, -0.2) is 9.97 Å². The maximum atomic E-state index is 11.4. The van der Waals surface area contributed by atoms with Crippen molar-refractivity contribution in [1.82, 2.24) is 19.7 Å². The summed E-state index contributed by atoms with van der Waals surface area (Å²) < 4.78 is 1.89. The third kappa shape index (κ3) is 1.93. The van der Waals surface area contributed by atoms with E-state index in [0.717, 1.165) is 17.9 Å². The molecule has 1 unspecified atom stereocenters. The molecule has 5 heteroatoms. The van der Waals surface area contributed by atoms with Crippen molar-refractivity contribution in [3.8, 4) is 0 Å². The smallest absolute Gasteiger partial charge is 0.234 e. The van der Waals surface area contributed by atoms with Gasteiger partial charge in [-0.3, -0.25) is 9.20 Å². The summed E-state index contributed by atoms with van der Waals surface area (Å²) in [6, 6.07) is 1.99. The molecule has 1 atom stereocenters. The van der Waals surface area contributed by atoms with Crippen LogP contribution in [0.3, 0.4) is 0 Å². The van der Waals surface area contributed by atoms with Crippen molar-refractivity contribution in [3.05, 3.63) is 29.8 Å². The Kier molecular flexibility index (Phi) is 2.40. The highest BCUT2D eigenvalue weighted by atomic mass is 16.1. The third-order valence-corrected chi connectivity index (χ3v) is 3.05. The molecule has 1 N–H and O–H groups in total. The summed E-state index contributed by atoms with van der Waals surface area (Å²) in [4.78, 5) is 20.2. The van der Waals surface area contributed by atoms with Crippen LogP contribution in [-0.2, 0) is 4.79 Å². The van der Waals surface area contributed by atoms with E-state index >= 15 is 0 Å². The number of carbonyl (C=O) groups is 1. The average molecular weight is 230 g/mol. The molecule has 0 bridgehead atoms. The SMILES string of the molecule is Cc1cn2ccc(C3CC(=O)CCN3)nc2n1. The monoisotopic (exact) mass is 230 g/mol. The normalized spacial score (nSPS) is 21.0. The van der Waals surface area contributed by atoms with Crippen molar-refractivity contribution in [3.63, 3.8) is 0 Å². The fourth-order valence-electron chi connectivity index (χ4n) is 2.20. The van der Waals surface area contributed by atoms with Crippen LogP contribution in [0.15, 0.2) is 18.5 Å². The van der Waals surface area contributed by atoms with Gasteiger partial charge in [0.15, 0.2) is 0 Å². The largest absolute Gasteiger partial charge is 0.308 e. The van der Waals surface area contributed by atoms with E-state index in [9.17, 15) is 4.79 Å². The predicted octanol–water partition coefficient (Wildman–Crippen LogP) is 1.03. The van der Waals surface area contributed by atoms with E-state index in [2.05, 4.69) is 15.3 Å². The summed E-state index contributed by atoms with van der Waals surface area (Å²) in [6.45, 7) is 2.68. The number of fused-ring (bicyclic) bond motifs is 1. The lowest BCUT2D eigenvalue weighted by Crippen LogP contribution is -2.32. The summed E-state index contributed by atoms with van der Waals surface area (Å²) in [6.07, 6.45) is 5.04. The molecule has 1 aliphatic heterocycles. The number of aromatic nitrogens is 3. The van der Waals surface area contributed by atoms with Crippen LogP contribution in [0.4, 0.5) is 0 Å². The van der Waals surface area contributed by atoms with Crippen molar-refractivity contribution < 1.29 is 4.79 Å². The number of ketones is 1. The molecule has 0 spiro atoms. The van der Waals surface area contributed by atoms with E-state index in [0.29, 0.717) is 24.4 Å². The summed E-state index contributed by atoms with van der Waals surface area (Å²) >= 11 is 0. The van der Waals surface area contributed by atoms with Crippen LogP contribution in [0.25, 0.3) is 5.78 Å². The van der Waals surface area contributed by atoms with Crippen molar-refractivity contribution in [1.29, 1.82) is 0 Å². The van der Waals surface area contributed by atoms with Crippen molar-refractivity contribution in [2.75, 3.05) is 6.54 Å². The molecule has 1 fully saturated rings. The van der Waals surface area contributed by atoms with Crippen LogP contribution in [0.2, 0.25) is 0 Å². The number of imidazole rings is 1. The molecule has 5 nitrogen and oxygen atoms in total. The third-order valence-electron chi connectivity index (χ3n) is 3.05. The van der Waals surface area contributed by atoms with Gasteiger partial charge in [-0.1, -0.05) is 0 Å². The molecule has 1 saturated heterocycles. The van der Waals surface area contributed by atoms with Gasteiger partial charge >= 0.3 is 0 Å². The molecule has 17 heavy (non-hydrogen) atoms. The Labute approximate surface area is 98.9 Å². The number of carbonyl (C=O) groups excluding carboxylic acids is 1. The lowest BCUT2D eigenvalue weighted by atomic mass is 10.0.